The first-order valence-corrected chi connectivity index (χ1v) is 7.78. The van der Waals surface area contributed by atoms with E-state index in [1.54, 1.807) is 17.7 Å². The van der Waals surface area contributed by atoms with Crippen molar-refractivity contribution in [1.82, 2.24) is 14.9 Å². The number of thiophene rings is 1. The number of carbonyl (C=O) groups excluding carboxylic acids is 1. The Hall–Kier alpha value is -1.15. The highest BCUT2D eigenvalue weighted by Gasteiger charge is 2.32. The molecule has 2 atom stereocenters. The Bertz CT molecular complexity index is 607. The SMILES string of the molecule is NC(C=O)C(c1ccc(Br)s1)N1Cc2cncnc2C1. The van der Waals surface area contributed by atoms with Crippen LogP contribution in [0.3, 0.4) is 0 Å². The van der Waals surface area contributed by atoms with Crippen molar-refractivity contribution in [3.05, 3.63) is 44.6 Å². The molecule has 0 bridgehead atoms. The number of fused-ring (bicyclic) bond motifs is 1. The van der Waals surface area contributed by atoms with Gasteiger partial charge in [0.2, 0.25) is 0 Å². The minimum atomic E-state index is -0.553. The maximum Gasteiger partial charge on any atom is 0.138 e. The first-order valence-electron chi connectivity index (χ1n) is 6.17. The predicted molar refractivity (Wildman–Crippen MR) is 80.1 cm³/mol. The van der Waals surface area contributed by atoms with Crippen LogP contribution in [-0.2, 0) is 17.9 Å². The van der Waals surface area contributed by atoms with Crippen LogP contribution in [0.4, 0.5) is 0 Å². The van der Waals surface area contributed by atoms with E-state index < -0.39 is 6.04 Å². The fourth-order valence-electron chi connectivity index (χ4n) is 2.50. The normalized spacial score (nSPS) is 17.7. The molecule has 2 aromatic rings. The smallest absolute Gasteiger partial charge is 0.138 e. The standard InChI is InChI=1S/C13H13BrN4OS/c14-12-2-1-11(20-12)13(9(15)6-19)18-4-8-3-16-7-17-10(8)5-18/h1-3,6-7,9,13H,4-5,15H2. The molecule has 2 N–H and O–H groups in total. The van der Waals surface area contributed by atoms with Gasteiger partial charge < -0.3 is 10.5 Å². The molecule has 3 rings (SSSR count). The highest BCUT2D eigenvalue weighted by Crippen LogP contribution is 2.36. The highest BCUT2D eigenvalue weighted by atomic mass is 79.9. The van der Waals surface area contributed by atoms with Gasteiger partial charge in [-0.3, -0.25) is 4.90 Å². The first kappa shape index (κ1) is 13.8. The molecule has 20 heavy (non-hydrogen) atoms. The molecule has 1 aliphatic heterocycles. The second-order valence-corrected chi connectivity index (χ2v) is 7.19. The average molecular weight is 353 g/mol. The molecule has 7 heteroatoms. The number of aldehydes is 1. The molecule has 2 aromatic heterocycles. The summed E-state index contributed by atoms with van der Waals surface area (Å²) in [4.78, 5) is 22.8. The zero-order valence-electron chi connectivity index (χ0n) is 10.6. The third-order valence-electron chi connectivity index (χ3n) is 3.41. The summed E-state index contributed by atoms with van der Waals surface area (Å²) in [7, 11) is 0. The summed E-state index contributed by atoms with van der Waals surface area (Å²) in [5.74, 6) is 0. The largest absolute Gasteiger partial charge is 0.320 e. The predicted octanol–water partition coefficient (Wildman–Crippen LogP) is 1.88. The lowest BCUT2D eigenvalue weighted by Crippen LogP contribution is -2.39. The van der Waals surface area contributed by atoms with E-state index in [1.165, 1.54) is 0 Å². The average Bonchev–Trinajstić information content (AvgIpc) is 3.05. The van der Waals surface area contributed by atoms with Crippen molar-refractivity contribution in [2.24, 2.45) is 5.73 Å². The Morgan fingerprint density at radius 2 is 2.30 bits per heavy atom. The number of hydrogen-bond acceptors (Lipinski definition) is 6. The molecule has 0 saturated heterocycles. The van der Waals surface area contributed by atoms with E-state index in [9.17, 15) is 4.79 Å². The van der Waals surface area contributed by atoms with E-state index >= 15 is 0 Å². The molecule has 104 valence electrons. The third-order valence-corrected chi connectivity index (χ3v) is 5.10. The van der Waals surface area contributed by atoms with Crippen LogP contribution in [0.2, 0.25) is 0 Å². The fraction of sp³-hybridized carbons (Fsp3) is 0.308. The Kier molecular flexibility index (Phi) is 3.93. The summed E-state index contributed by atoms with van der Waals surface area (Å²) in [6.45, 7) is 1.41. The molecule has 3 heterocycles. The summed E-state index contributed by atoms with van der Waals surface area (Å²) in [6.07, 6.45) is 4.20. The zero-order chi connectivity index (χ0) is 14.1. The number of hydrogen-bond donors (Lipinski definition) is 1. The molecule has 0 spiro atoms. The van der Waals surface area contributed by atoms with Crippen LogP contribution in [0.1, 0.15) is 22.2 Å². The first-order chi connectivity index (χ1) is 9.69. The molecule has 5 nitrogen and oxygen atoms in total. The number of halogens is 1. The van der Waals surface area contributed by atoms with Gasteiger partial charge in [0.15, 0.2) is 0 Å². The Morgan fingerprint density at radius 3 is 2.95 bits per heavy atom. The Labute approximate surface area is 129 Å². The molecule has 0 amide bonds. The lowest BCUT2D eigenvalue weighted by molar-refractivity contribution is -0.110. The van der Waals surface area contributed by atoms with Crippen LogP contribution in [0.15, 0.2) is 28.4 Å². The van der Waals surface area contributed by atoms with Crippen LogP contribution in [0, 0.1) is 0 Å². The molecule has 0 aromatic carbocycles. The summed E-state index contributed by atoms with van der Waals surface area (Å²) in [5, 5.41) is 0. The Balaban J connectivity index is 1.90. The van der Waals surface area contributed by atoms with E-state index in [4.69, 9.17) is 5.73 Å². The number of nitrogens with two attached hydrogens (primary N) is 1. The lowest BCUT2D eigenvalue weighted by Gasteiger charge is -2.28. The van der Waals surface area contributed by atoms with E-state index in [1.807, 2.05) is 18.3 Å². The van der Waals surface area contributed by atoms with Crippen molar-refractivity contribution in [3.8, 4) is 0 Å². The minimum Gasteiger partial charge on any atom is -0.320 e. The summed E-state index contributed by atoms with van der Waals surface area (Å²) < 4.78 is 1.03. The fourth-order valence-corrected chi connectivity index (χ4v) is 4.11. The Morgan fingerprint density at radius 1 is 1.45 bits per heavy atom. The molecule has 2 unspecified atom stereocenters. The molecule has 0 aliphatic carbocycles. The van der Waals surface area contributed by atoms with Crippen molar-refractivity contribution < 1.29 is 4.79 Å². The molecular formula is C13H13BrN4OS. The zero-order valence-corrected chi connectivity index (χ0v) is 13.0. The van der Waals surface area contributed by atoms with E-state index in [2.05, 4.69) is 30.8 Å². The molecule has 1 aliphatic rings. The second-order valence-electron chi connectivity index (χ2n) is 4.70. The molecule has 0 saturated carbocycles. The highest BCUT2D eigenvalue weighted by molar-refractivity contribution is 9.11. The van der Waals surface area contributed by atoms with Gasteiger partial charge in [0.1, 0.15) is 12.6 Å². The summed E-state index contributed by atoms with van der Waals surface area (Å²) >= 11 is 5.06. The van der Waals surface area contributed by atoms with Gasteiger partial charge in [0.05, 0.1) is 21.6 Å². The van der Waals surface area contributed by atoms with Gasteiger partial charge in [-0.05, 0) is 28.1 Å². The van der Waals surface area contributed by atoms with Gasteiger partial charge in [-0.1, -0.05) is 0 Å². The van der Waals surface area contributed by atoms with Crippen LogP contribution in [0.5, 0.6) is 0 Å². The van der Waals surface area contributed by atoms with E-state index in [0.717, 1.165) is 32.8 Å². The van der Waals surface area contributed by atoms with Crippen molar-refractivity contribution in [3.63, 3.8) is 0 Å². The van der Waals surface area contributed by atoms with Crippen molar-refractivity contribution in [2.45, 2.75) is 25.2 Å². The number of nitrogens with zero attached hydrogens (tertiary/aromatic N) is 3. The lowest BCUT2D eigenvalue weighted by atomic mass is 10.1. The maximum atomic E-state index is 11.2. The molecule has 0 fully saturated rings. The van der Waals surface area contributed by atoms with Crippen molar-refractivity contribution in [1.29, 1.82) is 0 Å². The van der Waals surface area contributed by atoms with Crippen LogP contribution in [0.25, 0.3) is 0 Å². The number of aromatic nitrogens is 2. The topological polar surface area (TPSA) is 72.1 Å². The second kappa shape index (κ2) is 5.69. The molecular weight excluding hydrogens is 340 g/mol. The van der Waals surface area contributed by atoms with Gasteiger partial charge in [-0.2, -0.15) is 0 Å². The van der Waals surface area contributed by atoms with Gasteiger partial charge in [0, 0.05) is 29.7 Å². The van der Waals surface area contributed by atoms with Crippen molar-refractivity contribution in [2.75, 3.05) is 0 Å². The maximum absolute atomic E-state index is 11.2. The monoisotopic (exact) mass is 352 g/mol. The minimum absolute atomic E-state index is 0.127. The summed E-state index contributed by atoms with van der Waals surface area (Å²) in [6, 6.07) is 3.31. The van der Waals surface area contributed by atoms with Crippen LogP contribution < -0.4 is 5.73 Å². The van der Waals surface area contributed by atoms with Crippen LogP contribution in [-0.4, -0.2) is 27.2 Å². The number of carbonyl (C=O) groups is 1. The van der Waals surface area contributed by atoms with Gasteiger partial charge in [-0.25, -0.2) is 9.97 Å². The van der Waals surface area contributed by atoms with E-state index in [0.29, 0.717) is 6.54 Å². The van der Waals surface area contributed by atoms with Crippen molar-refractivity contribution >= 4 is 33.6 Å². The van der Waals surface area contributed by atoms with Gasteiger partial charge in [-0.15, -0.1) is 11.3 Å². The quantitative estimate of drug-likeness (QED) is 0.850. The number of rotatable bonds is 4. The van der Waals surface area contributed by atoms with Gasteiger partial charge >= 0.3 is 0 Å². The third kappa shape index (κ3) is 2.54. The molecule has 0 radical (unpaired) electrons. The van der Waals surface area contributed by atoms with Crippen LogP contribution >= 0.6 is 27.3 Å². The van der Waals surface area contributed by atoms with E-state index in [-0.39, 0.29) is 6.04 Å². The van der Waals surface area contributed by atoms with Gasteiger partial charge in [0.25, 0.3) is 0 Å². The summed E-state index contributed by atoms with van der Waals surface area (Å²) in [5.41, 5.74) is 8.13.